The molecular formula is C10H22S2. The van der Waals surface area contributed by atoms with Crippen molar-refractivity contribution in [1.82, 2.24) is 0 Å². The van der Waals surface area contributed by atoms with Crippen LogP contribution in [0.1, 0.15) is 46.0 Å². The molecular weight excluding hydrogens is 184 g/mol. The van der Waals surface area contributed by atoms with E-state index in [1.807, 2.05) is 0 Å². The smallest absolute Gasteiger partial charge is 0.00168 e. The van der Waals surface area contributed by atoms with Crippen LogP contribution in [-0.4, -0.2) is 11.0 Å². The standard InChI is InChI=1S/C5H10S.C5H12S/c6-5-3-1-2-4-5;1-5(2)3-4-6/h5-6H,1-4H2;5-6H,3-4H2,1-2H3. The molecule has 1 rings (SSSR count). The molecule has 0 aromatic carbocycles. The van der Waals surface area contributed by atoms with Crippen molar-refractivity contribution in [2.75, 3.05) is 5.75 Å². The van der Waals surface area contributed by atoms with Gasteiger partial charge in [0.15, 0.2) is 0 Å². The second-order valence-electron chi connectivity index (χ2n) is 3.84. The van der Waals surface area contributed by atoms with Gasteiger partial charge >= 0.3 is 0 Å². The summed E-state index contributed by atoms with van der Waals surface area (Å²) in [4.78, 5) is 0. The Morgan fingerprint density at radius 2 is 1.75 bits per heavy atom. The fourth-order valence-corrected chi connectivity index (χ4v) is 2.04. The molecule has 0 heterocycles. The molecule has 0 radical (unpaired) electrons. The maximum atomic E-state index is 4.29. The molecule has 0 atom stereocenters. The number of hydrogen-bond donors (Lipinski definition) is 2. The van der Waals surface area contributed by atoms with Crippen molar-refractivity contribution in [2.24, 2.45) is 5.92 Å². The van der Waals surface area contributed by atoms with Gasteiger partial charge in [-0.05, 0) is 30.9 Å². The zero-order chi connectivity index (χ0) is 9.40. The largest absolute Gasteiger partial charge is 0.179 e. The van der Waals surface area contributed by atoms with Gasteiger partial charge in [-0.3, -0.25) is 0 Å². The minimum atomic E-state index is 0.741. The molecule has 0 aromatic rings. The Morgan fingerprint density at radius 1 is 1.25 bits per heavy atom. The van der Waals surface area contributed by atoms with E-state index < -0.39 is 0 Å². The van der Waals surface area contributed by atoms with Gasteiger partial charge in [0.05, 0.1) is 0 Å². The van der Waals surface area contributed by atoms with Crippen LogP contribution in [0.15, 0.2) is 0 Å². The van der Waals surface area contributed by atoms with E-state index in [9.17, 15) is 0 Å². The monoisotopic (exact) mass is 206 g/mol. The molecule has 0 amide bonds. The van der Waals surface area contributed by atoms with Gasteiger partial charge in [-0.2, -0.15) is 25.3 Å². The third-order valence-corrected chi connectivity index (χ3v) is 2.81. The number of thiol groups is 2. The lowest BCUT2D eigenvalue weighted by Gasteiger charge is -1.95. The van der Waals surface area contributed by atoms with Gasteiger partial charge < -0.3 is 0 Å². The van der Waals surface area contributed by atoms with E-state index >= 15 is 0 Å². The van der Waals surface area contributed by atoms with Gasteiger partial charge in [-0.1, -0.05) is 26.7 Å². The molecule has 1 aliphatic carbocycles. The van der Waals surface area contributed by atoms with Crippen molar-refractivity contribution in [2.45, 2.75) is 51.2 Å². The molecule has 0 unspecified atom stereocenters. The maximum Gasteiger partial charge on any atom is 0.00168 e. The summed E-state index contributed by atoms with van der Waals surface area (Å²) in [6.07, 6.45) is 6.76. The summed E-state index contributed by atoms with van der Waals surface area (Å²) >= 11 is 8.35. The highest BCUT2D eigenvalue weighted by Gasteiger charge is 2.08. The Kier molecular flexibility index (Phi) is 8.79. The minimum Gasteiger partial charge on any atom is -0.179 e. The van der Waals surface area contributed by atoms with Crippen LogP contribution in [0, 0.1) is 5.92 Å². The SMILES string of the molecule is CC(C)CCS.SC1CCCC1. The second kappa shape index (κ2) is 8.31. The van der Waals surface area contributed by atoms with E-state index in [1.54, 1.807) is 0 Å². The summed E-state index contributed by atoms with van der Waals surface area (Å²) in [7, 11) is 0. The van der Waals surface area contributed by atoms with Crippen LogP contribution in [0.3, 0.4) is 0 Å². The first-order valence-electron chi connectivity index (χ1n) is 4.95. The summed E-state index contributed by atoms with van der Waals surface area (Å²) in [5.74, 6) is 1.85. The van der Waals surface area contributed by atoms with Gasteiger partial charge in [-0.25, -0.2) is 0 Å². The lowest BCUT2D eigenvalue weighted by Crippen LogP contribution is -1.85. The van der Waals surface area contributed by atoms with E-state index in [1.165, 1.54) is 32.1 Å². The van der Waals surface area contributed by atoms with Crippen molar-refractivity contribution >= 4 is 25.3 Å². The molecule has 74 valence electrons. The minimum absolute atomic E-state index is 0.741. The number of hydrogen-bond acceptors (Lipinski definition) is 2. The van der Waals surface area contributed by atoms with Crippen LogP contribution in [0.5, 0.6) is 0 Å². The highest BCUT2D eigenvalue weighted by atomic mass is 32.1. The zero-order valence-corrected chi connectivity index (χ0v) is 10.1. The maximum absolute atomic E-state index is 4.29. The van der Waals surface area contributed by atoms with Crippen molar-refractivity contribution in [3.8, 4) is 0 Å². The predicted molar refractivity (Wildman–Crippen MR) is 64.6 cm³/mol. The fourth-order valence-electron chi connectivity index (χ4n) is 1.16. The Labute approximate surface area is 88.3 Å². The molecule has 12 heavy (non-hydrogen) atoms. The lowest BCUT2D eigenvalue weighted by atomic mass is 10.2. The molecule has 1 saturated carbocycles. The highest BCUT2D eigenvalue weighted by molar-refractivity contribution is 7.81. The average Bonchev–Trinajstić information content (AvgIpc) is 2.40. The lowest BCUT2D eigenvalue weighted by molar-refractivity contribution is 0.633. The van der Waals surface area contributed by atoms with E-state index in [0.29, 0.717) is 0 Å². The Bertz CT molecular complexity index is 85.8. The Balaban J connectivity index is 0.000000202. The van der Waals surface area contributed by atoms with Gasteiger partial charge in [0.2, 0.25) is 0 Å². The Morgan fingerprint density at radius 3 is 1.83 bits per heavy atom. The summed E-state index contributed by atoms with van der Waals surface area (Å²) in [5.41, 5.74) is 0. The second-order valence-corrected chi connectivity index (χ2v) is 5.02. The van der Waals surface area contributed by atoms with Gasteiger partial charge in [-0.15, -0.1) is 0 Å². The van der Waals surface area contributed by atoms with Crippen LogP contribution < -0.4 is 0 Å². The molecule has 0 nitrogen and oxygen atoms in total. The van der Waals surface area contributed by atoms with E-state index in [0.717, 1.165) is 16.9 Å². The van der Waals surface area contributed by atoms with Crippen LogP contribution in [0.2, 0.25) is 0 Å². The van der Waals surface area contributed by atoms with E-state index in [-0.39, 0.29) is 0 Å². The topological polar surface area (TPSA) is 0 Å². The Hall–Kier alpha value is 0.700. The zero-order valence-electron chi connectivity index (χ0n) is 8.29. The summed E-state index contributed by atoms with van der Waals surface area (Å²) < 4.78 is 0. The molecule has 0 aromatic heterocycles. The van der Waals surface area contributed by atoms with Gasteiger partial charge in [0.1, 0.15) is 0 Å². The van der Waals surface area contributed by atoms with Crippen molar-refractivity contribution in [3.05, 3.63) is 0 Å². The fraction of sp³-hybridized carbons (Fsp3) is 1.00. The predicted octanol–water partition coefficient (Wildman–Crippen LogP) is 3.82. The summed E-state index contributed by atoms with van der Waals surface area (Å²) in [6, 6.07) is 0. The van der Waals surface area contributed by atoms with Crippen molar-refractivity contribution in [3.63, 3.8) is 0 Å². The van der Waals surface area contributed by atoms with Crippen molar-refractivity contribution < 1.29 is 0 Å². The average molecular weight is 206 g/mol. The van der Waals surface area contributed by atoms with Crippen LogP contribution in [0.4, 0.5) is 0 Å². The third kappa shape index (κ3) is 8.79. The molecule has 0 saturated heterocycles. The van der Waals surface area contributed by atoms with Crippen LogP contribution in [-0.2, 0) is 0 Å². The van der Waals surface area contributed by atoms with E-state index in [2.05, 4.69) is 39.1 Å². The van der Waals surface area contributed by atoms with Gasteiger partial charge in [0.25, 0.3) is 0 Å². The highest BCUT2D eigenvalue weighted by Crippen LogP contribution is 2.21. The summed E-state index contributed by atoms with van der Waals surface area (Å²) in [5, 5.41) is 0.741. The molecule has 0 spiro atoms. The molecule has 0 bridgehead atoms. The number of rotatable bonds is 2. The van der Waals surface area contributed by atoms with Crippen LogP contribution >= 0.6 is 25.3 Å². The molecule has 1 fully saturated rings. The summed E-state index contributed by atoms with van der Waals surface area (Å²) in [6.45, 7) is 4.41. The molecule has 1 aliphatic rings. The first-order valence-corrected chi connectivity index (χ1v) is 6.10. The quantitative estimate of drug-likeness (QED) is 0.631. The van der Waals surface area contributed by atoms with Crippen LogP contribution in [0.25, 0.3) is 0 Å². The molecule has 0 N–H and O–H groups in total. The van der Waals surface area contributed by atoms with Crippen molar-refractivity contribution in [1.29, 1.82) is 0 Å². The first-order chi connectivity index (χ1) is 5.66. The van der Waals surface area contributed by atoms with E-state index in [4.69, 9.17) is 0 Å². The first kappa shape index (κ1) is 12.7. The van der Waals surface area contributed by atoms with Gasteiger partial charge in [0, 0.05) is 5.25 Å². The molecule has 2 heteroatoms. The third-order valence-electron chi connectivity index (χ3n) is 2.03. The normalized spacial score (nSPS) is 17.8. The molecule has 0 aliphatic heterocycles.